The van der Waals surface area contributed by atoms with Gasteiger partial charge in [0.25, 0.3) is 0 Å². The molecule has 0 fully saturated rings. The Morgan fingerprint density at radius 1 is 0.341 bits per heavy atom. The number of rotatable bonds is 16. The van der Waals surface area contributed by atoms with Gasteiger partial charge < -0.3 is 10.4 Å². The SMILES string of the molecule is CC(C)(C)C(=O)Cc1ccccc1Nc1c(Cl)cccc1Cl.CC(C)(C)C(=O)c1cc(-c2ccc(F)cc2F)ccc1O.CC(C)(C)C(=O)c1cc(C(F)(F)F)cc(C(F)(F)F)c1.CC(C)(C)C(=O)c1ccccc1C(=O)c1ccc(Cl)cc1.CC(C)(C)C(=O)c1ccccc1C(=O)c1ccc(F)cc1.Cc1c(Cl)cccc1Cc1ccccc1C(=O)C(C)(C)C. The van der Waals surface area contributed by atoms with Crippen molar-refractivity contribution in [2.45, 2.75) is 157 Å². The molecule has 23 heteroatoms. The molecule has 0 aliphatic heterocycles. The van der Waals surface area contributed by atoms with E-state index in [1.165, 1.54) is 69.3 Å². The summed E-state index contributed by atoms with van der Waals surface area (Å²) in [5.74, 6) is -3.16. The molecule has 11 aromatic carbocycles. The number of Topliss-reactive ketones (excluding diaryl/α,β-unsaturated/α-hetero) is 6. The van der Waals surface area contributed by atoms with Gasteiger partial charge in [0.1, 0.15) is 29.0 Å². The third-order valence-electron chi connectivity index (χ3n) is 19.2. The summed E-state index contributed by atoms with van der Waals surface area (Å²) in [5, 5.41) is 15.5. The fraction of sp³-hybridized carbons (Fsp3) is 0.282. The summed E-state index contributed by atoms with van der Waals surface area (Å²) in [5.41, 5.74) is 2.64. The Morgan fingerprint density at radius 2 is 0.722 bits per heavy atom. The lowest BCUT2D eigenvalue weighted by Crippen LogP contribution is -2.22. The van der Waals surface area contributed by atoms with E-state index in [1.54, 1.807) is 112 Å². The zero-order valence-corrected chi connectivity index (χ0v) is 76.6. The molecule has 0 spiro atoms. The molecular weight excluding hydrogens is 1710 g/mol. The second-order valence-electron chi connectivity index (χ2n) is 35.9. The van der Waals surface area contributed by atoms with E-state index in [9.17, 15) is 83.0 Å². The van der Waals surface area contributed by atoms with Crippen LogP contribution in [0, 0.1) is 56.9 Å². The summed E-state index contributed by atoms with van der Waals surface area (Å²) in [6.07, 6.45) is -8.80. The maximum atomic E-state index is 13.8. The standard InChI is InChI=1S/C19H21ClO.C18H19Cl2NO.C18H17ClO2.C18H17FO2.C17H16F2O2.C13H12F6O/c1-13-14(9-7-11-17(13)20)12-15-8-5-6-10-16(15)18(21)19(2,3)4;1-18(2,3)16(22)11-12-7-4-5-10-15(12)21-17-13(19)8-6-9-14(17)20;2*1-18(2,3)17(21)15-7-5-4-6-14(15)16(20)12-8-10-13(19)11-9-12;1-17(2,3)16(21)13-8-10(4-7-15(13)20)12-6-5-11(18)9-14(12)19;1-11(2,3)10(20)7-4-8(12(14,15)16)6-9(5-7)13(17,18)19/h5-11H,12H2,1-4H3;4-10,21H,11H2,1-3H3;2*4-11H,1-3H3;4-9,20H,1-3H3;4-6H,1-3H3. The summed E-state index contributed by atoms with van der Waals surface area (Å²) >= 11 is 24.4. The largest absolute Gasteiger partial charge is 0.507 e. The minimum Gasteiger partial charge on any atom is -0.507 e. The van der Waals surface area contributed by atoms with Crippen molar-refractivity contribution in [1.29, 1.82) is 0 Å². The Bertz CT molecular complexity index is 5600. The number of phenols is 1. The fourth-order valence-electron chi connectivity index (χ4n) is 11.9. The number of anilines is 2. The molecule has 126 heavy (non-hydrogen) atoms. The molecule has 0 saturated carbocycles. The lowest BCUT2D eigenvalue weighted by Gasteiger charge is -2.19. The van der Waals surface area contributed by atoms with Crippen LogP contribution in [0.1, 0.15) is 242 Å². The highest BCUT2D eigenvalue weighted by Gasteiger charge is 2.39. The first-order chi connectivity index (χ1) is 58.1. The van der Waals surface area contributed by atoms with Crippen LogP contribution in [-0.4, -0.2) is 51.4 Å². The van der Waals surface area contributed by atoms with E-state index in [-0.39, 0.29) is 74.3 Å². The Kier molecular flexibility index (Phi) is 35.3. The number of carbonyl (C=O) groups is 8. The topological polar surface area (TPSA) is 169 Å². The molecule has 10 nitrogen and oxygen atoms in total. The van der Waals surface area contributed by atoms with Gasteiger partial charge in [0.05, 0.1) is 32.4 Å². The Labute approximate surface area is 751 Å². The number of aromatic hydroxyl groups is 1. The Morgan fingerprint density at radius 3 is 1.17 bits per heavy atom. The summed E-state index contributed by atoms with van der Waals surface area (Å²) in [7, 11) is 0. The van der Waals surface area contributed by atoms with Gasteiger partial charge in [-0.25, -0.2) is 13.2 Å². The lowest BCUT2D eigenvalue weighted by atomic mass is 9.83. The van der Waals surface area contributed by atoms with Crippen molar-refractivity contribution in [3.63, 3.8) is 0 Å². The predicted octanol–water partition coefficient (Wildman–Crippen LogP) is 30.0. The van der Waals surface area contributed by atoms with Gasteiger partial charge in [0.2, 0.25) is 0 Å². The van der Waals surface area contributed by atoms with Crippen LogP contribution < -0.4 is 5.32 Å². The smallest absolute Gasteiger partial charge is 0.416 e. The highest BCUT2D eigenvalue weighted by Crippen LogP contribution is 2.40. The highest BCUT2D eigenvalue weighted by molar-refractivity contribution is 6.39. The maximum Gasteiger partial charge on any atom is 0.416 e. The van der Waals surface area contributed by atoms with Gasteiger partial charge in [0.15, 0.2) is 40.5 Å². The van der Waals surface area contributed by atoms with Gasteiger partial charge in [-0.3, -0.25) is 38.4 Å². The maximum absolute atomic E-state index is 13.8. The number of alkyl halides is 6. The molecule has 11 rings (SSSR count). The zero-order chi connectivity index (χ0) is 94.9. The molecule has 0 radical (unpaired) electrons. The van der Waals surface area contributed by atoms with Gasteiger partial charge in [-0.05, 0) is 156 Å². The first kappa shape index (κ1) is 104. The predicted molar refractivity (Wildman–Crippen MR) is 486 cm³/mol. The van der Waals surface area contributed by atoms with Crippen molar-refractivity contribution in [2.24, 2.45) is 32.5 Å². The second kappa shape index (κ2) is 42.9. The van der Waals surface area contributed by atoms with Crippen LogP contribution in [0.5, 0.6) is 5.75 Å². The minimum atomic E-state index is -4.95. The molecule has 0 atom stereocenters. The molecule has 0 unspecified atom stereocenters. The van der Waals surface area contributed by atoms with Crippen LogP contribution in [0.25, 0.3) is 11.1 Å². The average molecular weight is 1810 g/mol. The molecule has 2 N–H and O–H groups in total. The molecule has 0 aliphatic carbocycles. The molecule has 0 amide bonds. The van der Waals surface area contributed by atoms with Crippen LogP contribution >= 0.6 is 46.4 Å². The van der Waals surface area contributed by atoms with Crippen LogP contribution in [-0.2, 0) is 30.0 Å². The fourth-order valence-corrected chi connectivity index (χ4v) is 12.8. The number of benzene rings is 11. The quantitative estimate of drug-likeness (QED) is 0.0701. The van der Waals surface area contributed by atoms with E-state index < -0.39 is 73.9 Å². The number of nitrogens with one attached hydrogen (secondary N) is 1. The van der Waals surface area contributed by atoms with E-state index in [0.717, 1.165) is 57.1 Å². The number of halogens is 13. The van der Waals surface area contributed by atoms with E-state index in [2.05, 4.69) is 11.4 Å². The molecule has 11 aromatic rings. The van der Waals surface area contributed by atoms with Crippen molar-refractivity contribution in [1.82, 2.24) is 0 Å². The summed E-state index contributed by atoms with van der Waals surface area (Å²) in [6.45, 7) is 34.1. The summed E-state index contributed by atoms with van der Waals surface area (Å²) in [6, 6.07) is 60.9. The molecular formula is C103H102Cl4F9NO9. The Balaban J connectivity index is 0.000000234. The first-order valence-corrected chi connectivity index (χ1v) is 41.4. The van der Waals surface area contributed by atoms with Crippen LogP contribution in [0.4, 0.5) is 50.9 Å². The molecule has 0 aliphatic rings. The van der Waals surface area contributed by atoms with Crippen LogP contribution in [0.2, 0.25) is 20.1 Å². The van der Waals surface area contributed by atoms with Gasteiger partial charge in [0, 0.05) is 111 Å². The van der Waals surface area contributed by atoms with E-state index in [1.807, 2.05) is 151 Å². The first-order valence-electron chi connectivity index (χ1n) is 39.9. The third-order valence-corrected chi connectivity index (χ3v) is 20.5. The summed E-state index contributed by atoms with van der Waals surface area (Å²) < 4.78 is 115. The van der Waals surface area contributed by atoms with Gasteiger partial charge in [-0.2, -0.15) is 26.3 Å². The monoisotopic (exact) mass is 1810 g/mol. The van der Waals surface area contributed by atoms with E-state index in [4.69, 9.17) is 46.4 Å². The number of hydrogen-bond acceptors (Lipinski definition) is 10. The molecule has 664 valence electrons. The number of hydrogen-bond donors (Lipinski definition) is 2. The van der Waals surface area contributed by atoms with Gasteiger partial charge in [-0.1, -0.05) is 286 Å². The highest BCUT2D eigenvalue weighted by atomic mass is 35.5. The van der Waals surface area contributed by atoms with Crippen molar-refractivity contribution in [3.8, 4) is 16.9 Å². The molecule has 0 bridgehead atoms. The van der Waals surface area contributed by atoms with Gasteiger partial charge >= 0.3 is 12.4 Å². The molecule has 0 aromatic heterocycles. The number of para-hydroxylation sites is 2. The van der Waals surface area contributed by atoms with Gasteiger partial charge in [-0.15, -0.1) is 0 Å². The number of ketones is 8. The second-order valence-corrected chi connectivity index (χ2v) is 37.6. The van der Waals surface area contributed by atoms with Crippen molar-refractivity contribution >= 4 is 104 Å². The summed E-state index contributed by atoms with van der Waals surface area (Å²) in [4.78, 5) is 99.2. The number of phenolic OH excluding ortho intramolecular Hbond substituents is 1. The van der Waals surface area contributed by atoms with Crippen LogP contribution in [0.15, 0.2) is 237 Å². The lowest BCUT2D eigenvalue weighted by molar-refractivity contribution is -0.143. The average Bonchev–Trinajstić information content (AvgIpc) is 0.792. The van der Waals surface area contributed by atoms with Crippen molar-refractivity contribution in [2.75, 3.05) is 5.32 Å². The van der Waals surface area contributed by atoms with Crippen molar-refractivity contribution in [3.05, 3.63) is 358 Å². The normalized spacial score (nSPS) is 11.7. The minimum absolute atomic E-state index is 0.000556. The van der Waals surface area contributed by atoms with E-state index >= 15 is 0 Å². The van der Waals surface area contributed by atoms with E-state index in [0.29, 0.717) is 78.3 Å². The zero-order valence-electron chi connectivity index (χ0n) is 73.6. The van der Waals surface area contributed by atoms with Crippen molar-refractivity contribution < 1.29 is 83.0 Å². The van der Waals surface area contributed by atoms with Crippen LogP contribution in [0.3, 0.4) is 0 Å². The number of carbonyl (C=O) groups excluding carboxylic acids is 8. The Hall–Kier alpha value is -11.1. The molecule has 0 saturated heterocycles. The third kappa shape index (κ3) is 29.5. The molecule has 0 heterocycles.